The second-order valence-electron chi connectivity index (χ2n) is 15.4. The van der Waals surface area contributed by atoms with Crippen LogP contribution in [0.1, 0.15) is 92.8 Å². The minimum atomic E-state index is -2.20. The van der Waals surface area contributed by atoms with E-state index in [2.05, 4.69) is 95.1 Å². The Bertz CT molecular complexity index is 931. The molecule has 0 saturated heterocycles. The van der Waals surface area contributed by atoms with Gasteiger partial charge in [-0.3, -0.25) is 0 Å². The summed E-state index contributed by atoms with van der Waals surface area (Å²) >= 11 is 0. The van der Waals surface area contributed by atoms with Gasteiger partial charge in [0, 0.05) is 45.0 Å². The van der Waals surface area contributed by atoms with Crippen LogP contribution in [0.25, 0.3) is 0 Å². The zero-order chi connectivity index (χ0) is 32.0. The van der Waals surface area contributed by atoms with Crippen molar-refractivity contribution in [3.63, 3.8) is 0 Å². The van der Waals surface area contributed by atoms with Gasteiger partial charge in [0.15, 0.2) is 22.5 Å². The SMILES string of the molecule is C=CC[C@H](OC)c1coc(C[C@H](O[Si](C)(C)C(C)(C)C)C(C)(C)[C@@H](O)C[C@H](OC)[C@@H](C)CO[Si](C)(C)C(C)(C)C)n1. The Morgan fingerprint density at radius 2 is 1.54 bits per heavy atom. The number of methoxy groups -OCH3 is 2. The van der Waals surface area contributed by atoms with Crippen LogP contribution in [0.3, 0.4) is 0 Å². The van der Waals surface area contributed by atoms with Gasteiger partial charge in [-0.1, -0.05) is 68.4 Å². The summed E-state index contributed by atoms with van der Waals surface area (Å²) in [5, 5.41) is 11.9. The van der Waals surface area contributed by atoms with E-state index < -0.39 is 28.2 Å². The Hall–Kier alpha value is -0.816. The van der Waals surface area contributed by atoms with Gasteiger partial charge in [-0.15, -0.1) is 6.58 Å². The molecule has 0 radical (unpaired) electrons. The van der Waals surface area contributed by atoms with E-state index in [0.717, 1.165) is 5.69 Å². The van der Waals surface area contributed by atoms with Crippen molar-refractivity contribution in [1.82, 2.24) is 4.98 Å². The van der Waals surface area contributed by atoms with Crippen LogP contribution in [0.15, 0.2) is 23.3 Å². The molecule has 9 heteroatoms. The fraction of sp³-hybridized carbons (Fsp3) is 0.844. The van der Waals surface area contributed by atoms with Gasteiger partial charge < -0.3 is 27.8 Å². The second-order valence-corrected chi connectivity index (χ2v) is 24.9. The van der Waals surface area contributed by atoms with Crippen molar-refractivity contribution in [3.8, 4) is 0 Å². The largest absolute Gasteiger partial charge is 0.449 e. The molecule has 0 fully saturated rings. The molecule has 1 N–H and O–H groups in total. The first kappa shape index (κ1) is 38.2. The quantitative estimate of drug-likeness (QED) is 0.140. The molecule has 0 unspecified atom stereocenters. The molecule has 0 amide bonds. The lowest BCUT2D eigenvalue weighted by molar-refractivity contribution is -0.0774. The summed E-state index contributed by atoms with van der Waals surface area (Å²) in [6, 6.07) is 0. The molecule has 0 aromatic carbocycles. The molecule has 0 aliphatic heterocycles. The molecule has 7 nitrogen and oxygen atoms in total. The fourth-order valence-corrected chi connectivity index (χ4v) is 6.73. The molecule has 240 valence electrons. The maximum Gasteiger partial charge on any atom is 0.196 e. The van der Waals surface area contributed by atoms with Crippen LogP contribution < -0.4 is 0 Å². The lowest BCUT2D eigenvalue weighted by atomic mass is 9.76. The van der Waals surface area contributed by atoms with E-state index in [-0.39, 0.29) is 34.3 Å². The van der Waals surface area contributed by atoms with Crippen molar-refractivity contribution < 1.29 is 27.8 Å². The van der Waals surface area contributed by atoms with Crippen LogP contribution >= 0.6 is 0 Å². The Morgan fingerprint density at radius 1 is 0.976 bits per heavy atom. The smallest absolute Gasteiger partial charge is 0.196 e. The lowest BCUT2D eigenvalue weighted by Crippen LogP contribution is -2.52. The molecule has 1 rings (SSSR count). The van der Waals surface area contributed by atoms with E-state index in [0.29, 0.717) is 31.8 Å². The van der Waals surface area contributed by atoms with Gasteiger partial charge >= 0.3 is 0 Å². The average molecular weight is 614 g/mol. The predicted octanol–water partition coefficient (Wildman–Crippen LogP) is 8.32. The van der Waals surface area contributed by atoms with Crippen LogP contribution in [0.4, 0.5) is 0 Å². The zero-order valence-electron chi connectivity index (χ0n) is 29.0. The van der Waals surface area contributed by atoms with Gasteiger partial charge in [-0.05, 0) is 42.7 Å². The summed E-state index contributed by atoms with van der Waals surface area (Å²) in [5.74, 6) is 0.707. The third kappa shape index (κ3) is 10.4. The van der Waals surface area contributed by atoms with Gasteiger partial charge in [0.1, 0.15) is 18.1 Å². The Labute approximate surface area is 254 Å². The van der Waals surface area contributed by atoms with E-state index in [4.69, 9.17) is 27.7 Å². The number of aliphatic hydroxyl groups is 1. The molecule has 1 aromatic rings. The summed E-state index contributed by atoms with van der Waals surface area (Å²) in [6.07, 6.45) is 3.68. The first-order chi connectivity index (χ1) is 18.5. The maximum absolute atomic E-state index is 11.8. The van der Waals surface area contributed by atoms with Crippen molar-refractivity contribution in [2.45, 2.75) is 142 Å². The average Bonchev–Trinajstić information content (AvgIpc) is 3.30. The van der Waals surface area contributed by atoms with Crippen molar-refractivity contribution in [2.24, 2.45) is 11.3 Å². The summed E-state index contributed by atoms with van der Waals surface area (Å²) < 4.78 is 31.0. The number of hydrogen-bond donors (Lipinski definition) is 1. The van der Waals surface area contributed by atoms with Crippen LogP contribution in [-0.4, -0.2) is 65.9 Å². The molecule has 0 bridgehead atoms. The van der Waals surface area contributed by atoms with Crippen LogP contribution in [0.2, 0.25) is 36.3 Å². The number of nitrogens with zero attached hydrogens (tertiary/aromatic N) is 1. The zero-order valence-corrected chi connectivity index (χ0v) is 31.0. The second kappa shape index (κ2) is 14.8. The summed E-state index contributed by atoms with van der Waals surface area (Å²) in [5.41, 5.74) is 0.129. The van der Waals surface area contributed by atoms with E-state index in [9.17, 15) is 5.11 Å². The molecule has 0 aliphatic rings. The Balaban J connectivity index is 3.23. The molecule has 0 saturated carbocycles. The minimum absolute atomic E-state index is 0.00378. The molecular weight excluding hydrogens is 551 g/mol. The highest BCUT2D eigenvalue weighted by molar-refractivity contribution is 6.74. The van der Waals surface area contributed by atoms with Crippen molar-refractivity contribution >= 4 is 16.6 Å². The van der Waals surface area contributed by atoms with E-state index in [1.165, 1.54) is 0 Å². The van der Waals surface area contributed by atoms with Gasteiger partial charge in [0.05, 0.1) is 18.3 Å². The summed E-state index contributed by atoms with van der Waals surface area (Å²) in [7, 11) is -0.702. The lowest BCUT2D eigenvalue weighted by Gasteiger charge is -2.46. The van der Waals surface area contributed by atoms with Crippen molar-refractivity contribution in [1.29, 1.82) is 0 Å². The first-order valence-corrected chi connectivity index (χ1v) is 21.0. The third-order valence-corrected chi connectivity index (χ3v) is 18.7. The summed E-state index contributed by atoms with van der Waals surface area (Å²) in [4.78, 5) is 4.75. The van der Waals surface area contributed by atoms with Crippen LogP contribution in [0, 0.1) is 11.3 Å². The third-order valence-electron chi connectivity index (χ3n) is 9.76. The van der Waals surface area contributed by atoms with Gasteiger partial charge in [0.2, 0.25) is 0 Å². The van der Waals surface area contributed by atoms with E-state index in [1.54, 1.807) is 20.5 Å². The molecular formula is C32H63NO6Si2. The Morgan fingerprint density at radius 3 is 2.00 bits per heavy atom. The van der Waals surface area contributed by atoms with Crippen LogP contribution in [-0.2, 0) is 24.7 Å². The predicted molar refractivity (Wildman–Crippen MR) is 174 cm³/mol. The topological polar surface area (TPSA) is 83.2 Å². The minimum Gasteiger partial charge on any atom is -0.449 e. The highest BCUT2D eigenvalue weighted by Crippen LogP contribution is 2.42. The molecule has 1 heterocycles. The normalized spacial score (nSPS) is 17.7. The molecule has 41 heavy (non-hydrogen) atoms. The van der Waals surface area contributed by atoms with E-state index >= 15 is 0 Å². The van der Waals surface area contributed by atoms with Crippen molar-refractivity contribution in [2.75, 3.05) is 20.8 Å². The number of aliphatic hydroxyl groups excluding tert-OH is 1. The number of rotatable bonds is 17. The first-order valence-electron chi connectivity index (χ1n) is 15.1. The molecule has 0 aliphatic carbocycles. The van der Waals surface area contributed by atoms with Gasteiger partial charge in [0.25, 0.3) is 0 Å². The van der Waals surface area contributed by atoms with Crippen molar-refractivity contribution in [3.05, 3.63) is 30.5 Å². The highest BCUT2D eigenvalue weighted by atomic mass is 28.4. The monoisotopic (exact) mass is 613 g/mol. The number of hydrogen-bond acceptors (Lipinski definition) is 7. The summed E-state index contributed by atoms with van der Waals surface area (Å²) in [6.45, 7) is 33.2. The maximum atomic E-state index is 11.8. The standard InChI is InChI=1S/C32H63NO6Si2/c1-17-18-25(35-11)24-22-37-29(33-24)20-28(39-41(15,16)31(6,7)8)32(9,10)27(34)19-26(36-12)23(2)21-38-40(13,14)30(3,4)5/h17,22-23,25-28,34H,1,18-21H2,2-16H3/t23-,25-,26-,27-,28-/m0/s1. The van der Waals surface area contributed by atoms with E-state index in [1.807, 2.05) is 6.08 Å². The highest BCUT2D eigenvalue weighted by Gasteiger charge is 2.46. The van der Waals surface area contributed by atoms with Gasteiger partial charge in [-0.25, -0.2) is 4.98 Å². The number of aromatic nitrogens is 1. The molecule has 5 atom stereocenters. The number of ether oxygens (including phenoxy) is 2. The molecule has 0 spiro atoms. The fourth-order valence-electron chi connectivity index (χ4n) is 4.17. The molecule has 1 aromatic heterocycles. The van der Waals surface area contributed by atoms with Gasteiger partial charge in [-0.2, -0.15) is 0 Å². The van der Waals surface area contributed by atoms with Crippen LogP contribution in [0.5, 0.6) is 0 Å². The number of oxazole rings is 1. The Kier molecular flexibility index (Phi) is 13.8.